The molecule has 3 aromatic rings. The number of hydrogen-bond acceptors (Lipinski definition) is 1. The Morgan fingerprint density at radius 2 is 1.52 bits per heavy atom. The Labute approximate surface area is 141 Å². The average Bonchev–Trinajstić information content (AvgIpc) is 2.54. The third kappa shape index (κ3) is 2.85. The number of rotatable bonds is 3. The first-order valence-corrected chi connectivity index (χ1v) is 8.36. The van der Waals surface area contributed by atoms with Crippen LogP contribution in [0.25, 0.3) is 10.8 Å². The summed E-state index contributed by atoms with van der Waals surface area (Å²) in [6, 6.07) is 20.9. The second-order valence-corrected chi connectivity index (χ2v) is 6.65. The molecule has 0 heterocycles. The van der Waals surface area contributed by atoms with Crippen molar-refractivity contribution in [1.29, 1.82) is 0 Å². The molecule has 106 valence electrons. The molecule has 0 aromatic heterocycles. The summed E-state index contributed by atoms with van der Waals surface area (Å²) in [6.07, 6.45) is 0. The third-order valence-electron chi connectivity index (χ3n) is 3.57. The van der Waals surface area contributed by atoms with Gasteiger partial charge in [-0.3, -0.25) is 0 Å². The summed E-state index contributed by atoms with van der Waals surface area (Å²) in [5, 5.41) is 2.35. The summed E-state index contributed by atoms with van der Waals surface area (Å²) in [5.41, 5.74) is 2.47. The summed E-state index contributed by atoms with van der Waals surface area (Å²) in [7, 11) is 1.71. The molecule has 0 saturated carbocycles. The highest BCUT2D eigenvalue weighted by molar-refractivity contribution is 9.10. The van der Waals surface area contributed by atoms with Gasteiger partial charge in [0.15, 0.2) is 0 Å². The van der Waals surface area contributed by atoms with E-state index in [1.165, 1.54) is 16.5 Å². The molecule has 0 N–H and O–H groups in total. The number of hydrogen-bond donors (Lipinski definition) is 0. The Bertz CT molecular complexity index is 766. The molecule has 3 rings (SSSR count). The van der Waals surface area contributed by atoms with E-state index in [1.54, 1.807) is 7.11 Å². The lowest BCUT2D eigenvalue weighted by atomic mass is 9.98. The van der Waals surface area contributed by atoms with Crippen molar-refractivity contribution >= 4 is 42.6 Å². The summed E-state index contributed by atoms with van der Waals surface area (Å²) < 4.78 is 6.55. The molecule has 21 heavy (non-hydrogen) atoms. The smallest absolute Gasteiger partial charge is 0.126 e. The highest BCUT2D eigenvalue weighted by Gasteiger charge is 2.15. The first-order valence-electron chi connectivity index (χ1n) is 6.66. The second kappa shape index (κ2) is 6.20. The first kappa shape index (κ1) is 14.6. The van der Waals surface area contributed by atoms with Crippen LogP contribution in [0.4, 0.5) is 0 Å². The number of benzene rings is 3. The van der Waals surface area contributed by atoms with Gasteiger partial charge in [0.2, 0.25) is 0 Å². The molecule has 0 fully saturated rings. The predicted octanol–water partition coefficient (Wildman–Crippen LogP) is 6.10. The van der Waals surface area contributed by atoms with E-state index >= 15 is 0 Å². The maximum Gasteiger partial charge on any atom is 0.126 e. The van der Waals surface area contributed by atoms with Crippen LogP contribution in [-0.4, -0.2) is 7.11 Å². The van der Waals surface area contributed by atoms with Crippen molar-refractivity contribution in [3.05, 3.63) is 76.3 Å². The van der Waals surface area contributed by atoms with E-state index < -0.39 is 0 Å². The second-order valence-electron chi connectivity index (χ2n) is 4.82. The normalized spacial score (nSPS) is 12.3. The lowest BCUT2D eigenvalue weighted by molar-refractivity contribution is 0.419. The molecule has 0 radical (unpaired) electrons. The van der Waals surface area contributed by atoms with Crippen LogP contribution in [0.1, 0.15) is 16.0 Å². The number of alkyl halides is 1. The van der Waals surface area contributed by atoms with E-state index in [2.05, 4.69) is 80.4 Å². The van der Waals surface area contributed by atoms with Gasteiger partial charge in [0.1, 0.15) is 5.75 Å². The van der Waals surface area contributed by atoms with E-state index in [-0.39, 0.29) is 4.83 Å². The van der Waals surface area contributed by atoms with Gasteiger partial charge in [-0.25, -0.2) is 0 Å². The van der Waals surface area contributed by atoms with Gasteiger partial charge >= 0.3 is 0 Å². The van der Waals surface area contributed by atoms with Crippen molar-refractivity contribution in [3.63, 3.8) is 0 Å². The first-order chi connectivity index (χ1) is 10.2. The van der Waals surface area contributed by atoms with Crippen molar-refractivity contribution in [3.8, 4) is 5.75 Å². The van der Waals surface area contributed by atoms with Gasteiger partial charge in [-0.1, -0.05) is 74.3 Å². The minimum Gasteiger partial charge on any atom is -0.496 e. The topological polar surface area (TPSA) is 9.23 Å². The SMILES string of the molecule is COc1ccc(C(Br)c2ccc(Br)cc2)c2ccccc12. The van der Waals surface area contributed by atoms with Crippen LogP contribution < -0.4 is 4.74 Å². The summed E-state index contributed by atoms with van der Waals surface area (Å²) in [4.78, 5) is 0.154. The molecule has 0 aliphatic rings. The summed E-state index contributed by atoms with van der Waals surface area (Å²) in [6.45, 7) is 0. The van der Waals surface area contributed by atoms with Crippen molar-refractivity contribution in [2.24, 2.45) is 0 Å². The summed E-state index contributed by atoms with van der Waals surface area (Å²) >= 11 is 7.31. The molecule has 3 aromatic carbocycles. The van der Waals surface area contributed by atoms with E-state index in [0.717, 1.165) is 15.6 Å². The molecule has 1 nitrogen and oxygen atoms in total. The molecule has 0 spiro atoms. The monoisotopic (exact) mass is 404 g/mol. The van der Waals surface area contributed by atoms with Crippen LogP contribution >= 0.6 is 31.9 Å². The van der Waals surface area contributed by atoms with Gasteiger partial charge in [0.05, 0.1) is 11.9 Å². The van der Waals surface area contributed by atoms with Crippen LogP contribution in [0.15, 0.2) is 65.1 Å². The number of fused-ring (bicyclic) bond motifs is 1. The number of ether oxygens (including phenoxy) is 1. The Hall–Kier alpha value is -1.32. The molecule has 1 unspecified atom stereocenters. The van der Waals surface area contributed by atoms with Crippen LogP contribution in [-0.2, 0) is 0 Å². The van der Waals surface area contributed by atoms with Crippen LogP contribution in [0.2, 0.25) is 0 Å². The minimum atomic E-state index is 0.154. The molecular formula is C18H14Br2O. The number of methoxy groups -OCH3 is 1. The lowest BCUT2D eigenvalue weighted by Crippen LogP contribution is -1.95. The standard InChI is InChI=1S/C18H14Br2O/c1-21-17-11-10-16(14-4-2-3-5-15(14)17)18(20)12-6-8-13(19)9-7-12/h2-11,18H,1H3. The lowest BCUT2D eigenvalue weighted by Gasteiger charge is -2.15. The fraction of sp³-hybridized carbons (Fsp3) is 0.111. The van der Waals surface area contributed by atoms with Crippen LogP contribution in [0.3, 0.4) is 0 Å². The Kier molecular flexibility index (Phi) is 4.32. The van der Waals surface area contributed by atoms with Gasteiger partial charge in [0, 0.05) is 9.86 Å². The van der Waals surface area contributed by atoms with Crippen LogP contribution in [0.5, 0.6) is 5.75 Å². The largest absolute Gasteiger partial charge is 0.496 e. The van der Waals surface area contributed by atoms with E-state index in [1.807, 2.05) is 12.1 Å². The van der Waals surface area contributed by atoms with Crippen LogP contribution in [0, 0.1) is 0 Å². The van der Waals surface area contributed by atoms with E-state index in [4.69, 9.17) is 4.74 Å². The van der Waals surface area contributed by atoms with Gasteiger partial charge in [-0.2, -0.15) is 0 Å². The van der Waals surface area contributed by atoms with Gasteiger partial charge in [0.25, 0.3) is 0 Å². The molecule has 0 aliphatic heterocycles. The zero-order valence-corrected chi connectivity index (χ0v) is 14.7. The highest BCUT2D eigenvalue weighted by atomic mass is 79.9. The highest BCUT2D eigenvalue weighted by Crippen LogP contribution is 2.38. The van der Waals surface area contributed by atoms with Gasteiger partial charge in [-0.05, 0) is 34.7 Å². The molecule has 0 amide bonds. The van der Waals surface area contributed by atoms with Crippen molar-refractivity contribution in [2.45, 2.75) is 4.83 Å². The zero-order chi connectivity index (χ0) is 14.8. The quantitative estimate of drug-likeness (QED) is 0.478. The minimum absolute atomic E-state index is 0.154. The molecule has 1 atom stereocenters. The maximum absolute atomic E-state index is 5.46. The fourth-order valence-electron chi connectivity index (χ4n) is 2.51. The fourth-order valence-corrected chi connectivity index (χ4v) is 3.47. The Morgan fingerprint density at radius 3 is 2.19 bits per heavy atom. The molecular weight excluding hydrogens is 392 g/mol. The van der Waals surface area contributed by atoms with Gasteiger partial charge < -0.3 is 4.74 Å². The third-order valence-corrected chi connectivity index (χ3v) is 5.12. The number of halogens is 2. The van der Waals surface area contributed by atoms with E-state index in [0.29, 0.717) is 0 Å². The van der Waals surface area contributed by atoms with Crippen molar-refractivity contribution in [1.82, 2.24) is 0 Å². The predicted molar refractivity (Wildman–Crippen MR) is 95.4 cm³/mol. The maximum atomic E-state index is 5.46. The van der Waals surface area contributed by atoms with Crippen molar-refractivity contribution in [2.75, 3.05) is 7.11 Å². The average molecular weight is 406 g/mol. The zero-order valence-electron chi connectivity index (χ0n) is 11.5. The Balaban J connectivity index is 2.14. The van der Waals surface area contributed by atoms with Gasteiger partial charge in [-0.15, -0.1) is 0 Å². The Morgan fingerprint density at radius 1 is 0.857 bits per heavy atom. The molecule has 0 saturated heterocycles. The molecule has 3 heteroatoms. The molecule has 0 aliphatic carbocycles. The van der Waals surface area contributed by atoms with Crippen molar-refractivity contribution < 1.29 is 4.74 Å². The van der Waals surface area contributed by atoms with E-state index in [9.17, 15) is 0 Å². The molecule has 0 bridgehead atoms. The summed E-state index contributed by atoms with van der Waals surface area (Å²) in [5.74, 6) is 0.907.